The van der Waals surface area contributed by atoms with Crippen molar-refractivity contribution in [3.63, 3.8) is 0 Å². The van der Waals surface area contributed by atoms with E-state index in [2.05, 4.69) is 5.32 Å². The second-order valence-electron chi connectivity index (χ2n) is 5.33. The molecule has 0 fully saturated rings. The van der Waals surface area contributed by atoms with E-state index in [0.717, 1.165) is 22.7 Å². The molecule has 0 aromatic heterocycles. The van der Waals surface area contributed by atoms with Gasteiger partial charge in [0, 0.05) is 17.6 Å². The summed E-state index contributed by atoms with van der Waals surface area (Å²) in [5.41, 5.74) is 0.405. The number of sulfonamides is 1. The molecule has 1 amide bonds. The zero-order valence-electron chi connectivity index (χ0n) is 13.2. The van der Waals surface area contributed by atoms with Crippen LogP contribution in [0.2, 0.25) is 5.02 Å². The smallest absolute Gasteiger partial charge is 0.239 e. The number of carbonyl (C=O) groups excluding carboxylic acids is 1. The molecule has 2 aromatic rings. The first-order valence-electron chi connectivity index (χ1n) is 7.09. The molecule has 0 aliphatic heterocycles. The zero-order chi connectivity index (χ0) is 18.6. The first kappa shape index (κ1) is 19.3. The van der Waals surface area contributed by atoms with Crippen molar-refractivity contribution in [1.29, 1.82) is 0 Å². The van der Waals surface area contributed by atoms with Crippen LogP contribution in [-0.2, 0) is 21.4 Å². The fourth-order valence-electron chi connectivity index (χ4n) is 2.02. The first-order chi connectivity index (χ1) is 11.6. The van der Waals surface area contributed by atoms with Crippen LogP contribution < -0.4 is 5.32 Å². The summed E-state index contributed by atoms with van der Waals surface area (Å²) in [7, 11) is -3.69. The summed E-state index contributed by atoms with van der Waals surface area (Å²) in [6.45, 7) is -0.562. The maximum atomic E-state index is 13.6. The molecule has 0 atom stereocenters. The molecule has 1 N–H and O–H groups in total. The van der Waals surface area contributed by atoms with Crippen LogP contribution in [0.1, 0.15) is 5.56 Å². The van der Waals surface area contributed by atoms with Gasteiger partial charge in [0.05, 0.1) is 18.5 Å². The molecule has 5 nitrogen and oxygen atoms in total. The van der Waals surface area contributed by atoms with E-state index in [-0.39, 0.29) is 12.2 Å². The van der Waals surface area contributed by atoms with Crippen molar-refractivity contribution in [3.8, 4) is 0 Å². The van der Waals surface area contributed by atoms with E-state index in [9.17, 15) is 22.0 Å². The van der Waals surface area contributed by atoms with Gasteiger partial charge in [-0.2, -0.15) is 4.31 Å². The molecule has 2 rings (SSSR count). The summed E-state index contributed by atoms with van der Waals surface area (Å²) in [6.07, 6.45) is 0.967. The number of nitrogens with zero attached hydrogens (tertiary/aromatic N) is 1. The number of nitrogens with one attached hydrogen (secondary N) is 1. The fraction of sp³-hybridized carbons (Fsp3) is 0.188. The van der Waals surface area contributed by atoms with Crippen molar-refractivity contribution in [2.75, 3.05) is 18.1 Å². The summed E-state index contributed by atoms with van der Waals surface area (Å²) >= 11 is 5.78. The van der Waals surface area contributed by atoms with E-state index in [0.29, 0.717) is 16.7 Å². The Morgan fingerprint density at radius 1 is 1.16 bits per heavy atom. The van der Waals surface area contributed by atoms with Crippen LogP contribution >= 0.6 is 11.6 Å². The number of hydrogen-bond donors (Lipinski definition) is 1. The van der Waals surface area contributed by atoms with Crippen LogP contribution in [0, 0.1) is 11.6 Å². The minimum atomic E-state index is -3.69. The number of anilines is 1. The van der Waals surface area contributed by atoms with Crippen LogP contribution in [0.5, 0.6) is 0 Å². The van der Waals surface area contributed by atoms with Crippen molar-refractivity contribution >= 4 is 33.2 Å². The molecule has 9 heteroatoms. The highest BCUT2D eigenvalue weighted by Crippen LogP contribution is 2.16. The van der Waals surface area contributed by atoms with Crippen LogP contribution in [0.3, 0.4) is 0 Å². The van der Waals surface area contributed by atoms with Gasteiger partial charge in [-0.15, -0.1) is 0 Å². The Kier molecular flexibility index (Phi) is 6.10. The van der Waals surface area contributed by atoms with E-state index in [1.807, 2.05) is 0 Å². The molecule has 0 heterocycles. The van der Waals surface area contributed by atoms with Gasteiger partial charge in [0.1, 0.15) is 11.6 Å². The van der Waals surface area contributed by atoms with Gasteiger partial charge >= 0.3 is 0 Å². The summed E-state index contributed by atoms with van der Waals surface area (Å²) in [6, 6.07) is 9.15. The maximum absolute atomic E-state index is 13.6. The zero-order valence-corrected chi connectivity index (χ0v) is 14.7. The Morgan fingerprint density at radius 2 is 1.80 bits per heavy atom. The highest BCUT2D eigenvalue weighted by atomic mass is 35.5. The van der Waals surface area contributed by atoms with Crippen molar-refractivity contribution in [3.05, 3.63) is 64.7 Å². The SMILES string of the molecule is CS(=O)(=O)N(CC(=O)Nc1ccc(F)cc1F)Cc1ccc(Cl)cc1. The molecule has 0 saturated carbocycles. The molecule has 0 bridgehead atoms. The molecule has 0 aliphatic rings. The van der Waals surface area contributed by atoms with Crippen molar-refractivity contribution < 1.29 is 22.0 Å². The third kappa shape index (κ3) is 5.77. The topological polar surface area (TPSA) is 66.5 Å². The predicted molar refractivity (Wildman–Crippen MR) is 91.7 cm³/mol. The minimum Gasteiger partial charge on any atom is -0.322 e. The second-order valence-corrected chi connectivity index (χ2v) is 7.75. The number of halogens is 3. The number of carbonyl (C=O) groups is 1. The largest absolute Gasteiger partial charge is 0.322 e. The van der Waals surface area contributed by atoms with Gasteiger partial charge in [0.25, 0.3) is 0 Å². The molecule has 25 heavy (non-hydrogen) atoms. The van der Waals surface area contributed by atoms with Gasteiger partial charge in [-0.3, -0.25) is 4.79 Å². The van der Waals surface area contributed by atoms with Gasteiger partial charge in [0.2, 0.25) is 15.9 Å². The average Bonchev–Trinajstić information content (AvgIpc) is 2.50. The highest BCUT2D eigenvalue weighted by Gasteiger charge is 2.21. The van der Waals surface area contributed by atoms with E-state index >= 15 is 0 Å². The third-order valence-electron chi connectivity index (χ3n) is 3.27. The first-order valence-corrected chi connectivity index (χ1v) is 9.32. The molecular formula is C16H15ClF2N2O3S. The highest BCUT2D eigenvalue weighted by molar-refractivity contribution is 7.88. The van der Waals surface area contributed by atoms with Gasteiger partial charge in [-0.05, 0) is 29.8 Å². The molecule has 0 spiro atoms. The lowest BCUT2D eigenvalue weighted by Gasteiger charge is -2.19. The monoisotopic (exact) mass is 388 g/mol. The molecule has 2 aromatic carbocycles. The Hall–Kier alpha value is -2.03. The Bertz CT molecular complexity index is 873. The number of amides is 1. The van der Waals surface area contributed by atoms with Gasteiger partial charge in [0.15, 0.2) is 0 Å². The van der Waals surface area contributed by atoms with E-state index in [4.69, 9.17) is 11.6 Å². The van der Waals surface area contributed by atoms with Crippen molar-refractivity contribution in [1.82, 2.24) is 4.31 Å². The summed E-state index contributed by atoms with van der Waals surface area (Å²) < 4.78 is 51.2. The Balaban J connectivity index is 2.11. The lowest BCUT2D eigenvalue weighted by molar-refractivity contribution is -0.116. The second kappa shape index (κ2) is 7.90. The summed E-state index contributed by atoms with van der Waals surface area (Å²) in [5, 5.41) is 2.73. The normalized spacial score (nSPS) is 11.6. The Labute approximate surface area is 149 Å². The summed E-state index contributed by atoms with van der Waals surface area (Å²) in [5.74, 6) is -2.47. The quantitative estimate of drug-likeness (QED) is 0.827. The van der Waals surface area contributed by atoms with Crippen molar-refractivity contribution in [2.45, 2.75) is 6.54 Å². The van der Waals surface area contributed by atoms with Gasteiger partial charge in [-0.25, -0.2) is 17.2 Å². The van der Waals surface area contributed by atoms with Crippen LogP contribution in [0.25, 0.3) is 0 Å². The van der Waals surface area contributed by atoms with Gasteiger partial charge < -0.3 is 5.32 Å². The van der Waals surface area contributed by atoms with E-state index < -0.39 is 34.1 Å². The van der Waals surface area contributed by atoms with Crippen LogP contribution in [-0.4, -0.2) is 31.4 Å². The van der Waals surface area contributed by atoms with E-state index in [1.165, 1.54) is 0 Å². The minimum absolute atomic E-state index is 0.0463. The Morgan fingerprint density at radius 3 is 2.36 bits per heavy atom. The number of hydrogen-bond acceptors (Lipinski definition) is 3. The summed E-state index contributed by atoms with van der Waals surface area (Å²) in [4.78, 5) is 12.1. The van der Waals surface area contributed by atoms with Gasteiger partial charge in [-0.1, -0.05) is 23.7 Å². The molecule has 0 radical (unpaired) electrons. The molecular weight excluding hydrogens is 374 g/mol. The maximum Gasteiger partial charge on any atom is 0.239 e. The molecule has 0 unspecified atom stereocenters. The number of rotatable bonds is 6. The van der Waals surface area contributed by atoms with Crippen LogP contribution in [0.15, 0.2) is 42.5 Å². The molecule has 0 aliphatic carbocycles. The predicted octanol–water partition coefficient (Wildman–Crippen LogP) is 3.02. The third-order valence-corrected chi connectivity index (χ3v) is 4.71. The average molecular weight is 389 g/mol. The standard InChI is InChI=1S/C16H15ClF2N2O3S/c1-25(23,24)21(9-11-2-4-12(17)5-3-11)10-16(22)20-15-7-6-13(18)8-14(15)19/h2-8H,9-10H2,1H3,(H,20,22). The lowest BCUT2D eigenvalue weighted by Crippen LogP contribution is -2.37. The lowest BCUT2D eigenvalue weighted by atomic mass is 10.2. The molecule has 0 saturated heterocycles. The van der Waals surface area contributed by atoms with Crippen LogP contribution in [0.4, 0.5) is 14.5 Å². The number of benzene rings is 2. The fourth-order valence-corrected chi connectivity index (χ4v) is 2.89. The van der Waals surface area contributed by atoms with E-state index in [1.54, 1.807) is 24.3 Å². The molecule has 134 valence electrons. The van der Waals surface area contributed by atoms with Crippen molar-refractivity contribution in [2.24, 2.45) is 0 Å².